The fourth-order valence-corrected chi connectivity index (χ4v) is 4.00. The number of hydrogen-bond donors (Lipinski definition) is 1. The molecule has 3 atom stereocenters. The zero-order valence-corrected chi connectivity index (χ0v) is 17.8. The third kappa shape index (κ3) is 5.70. The summed E-state index contributed by atoms with van der Waals surface area (Å²) in [5.74, 6) is -1.16. The van der Waals surface area contributed by atoms with Gasteiger partial charge < -0.3 is 14.8 Å². The zero-order chi connectivity index (χ0) is 22.2. The fraction of sp³-hybridized carbons (Fsp3) is 0.375. The fourth-order valence-electron chi connectivity index (χ4n) is 4.00. The summed E-state index contributed by atoms with van der Waals surface area (Å²) >= 11 is 0. The van der Waals surface area contributed by atoms with Crippen LogP contribution in [0.4, 0.5) is 0 Å². The highest BCUT2D eigenvalue weighted by Crippen LogP contribution is 2.27. The lowest BCUT2D eigenvalue weighted by Crippen LogP contribution is -2.52. The third-order valence-electron chi connectivity index (χ3n) is 5.58. The molecule has 2 aromatic rings. The van der Waals surface area contributed by atoms with E-state index < -0.39 is 24.1 Å². The van der Waals surface area contributed by atoms with E-state index in [1.807, 2.05) is 65.6 Å². The molecule has 1 saturated heterocycles. The Bertz CT molecular complexity index is 887. The van der Waals surface area contributed by atoms with Gasteiger partial charge in [-0.25, -0.2) is 4.79 Å². The van der Waals surface area contributed by atoms with Gasteiger partial charge in [-0.2, -0.15) is 0 Å². The Morgan fingerprint density at radius 1 is 0.903 bits per heavy atom. The second-order valence-electron chi connectivity index (χ2n) is 7.56. The van der Waals surface area contributed by atoms with Gasteiger partial charge in [0.05, 0.1) is 20.3 Å². The van der Waals surface area contributed by atoms with Gasteiger partial charge in [0.1, 0.15) is 12.1 Å². The van der Waals surface area contributed by atoms with Crippen molar-refractivity contribution in [3.05, 3.63) is 71.8 Å². The van der Waals surface area contributed by atoms with Gasteiger partial charge in [-0.05, 0) is 24.0 Å². The summed E-state index contributed by atoms with van der Waals surface area (Å²) in [6, 6.07) is 17.2. The van der Waals surface area contributed by atoms with Crippen LogP contribution in [0.3, 0.4) is 0 Å². The predicted molar refractivity (Wildman–Crippen MR) is 115 cm³/mol. The van der Waals surface area contributed by atoms with E-state index in [0.717, 1.165) is 11.1 Å². The number of benzene rings is 2. The maximum absolute atomic E-state index is 13.2. The van der Waals surface area contributed by atoms with Crippen LogP contribution in [0, 0.1) is 0 Å². The van der Waals surface area contributed by atoms with Crippen LogP contribution >= 0.6 is 0 Å². The predicted octanol–water partition coefficient (Wildman–Crippen LogP) is 2.09. The van der Waals surface area contributed by atoms with Gasteiger partial charge in [-0.15, -0.1) is 0 Å². The number of amides is 1. The summed E-state index contributed by atoms with van der Waals surface area (Å²) in [7, 11) is 2.65. The Morgan fingerprint density at radius 3 is 2.06 bits per heavy atom. The molecule has 1 fully saturated rings. The second kappa shape index (κ2) is 10.7. The van der Waals surface area contributed by atoms with Crippen LogP contribution in [0.2, 0.25) is 0 Å². The van der Waals surface area contributed by atoms with Crippen molar-refractivity contribution in [2.24, 2.45) is 0 Å². The molecule has 0 bridgehead atoms. The van der Waals surface area contributed by atoms with Crippen LogP contribution in [0.25, 0.3) is 0 Å². The Morgan fingerprint density at radius 2 is 1.48 bits per heavy atom. The molecule has 1 aliphatic heterocycles. The smallest absolute Gasteiger partial charge is 0.328 e. The van der Waals surface area contributed by atoms with Gasteiger partial charge >= 0.3 is 11.9 Å². The monoisotopic (exact) mass is 424 g/mol. The van der Waals surface area contributed by atoms with Crippen molar-refractivity contribution < 1.29 is 23.9 Å². The van der Waals surface area contributed by atoms with E-state index in [1.165, 1.54) is 14.2 Å². The molecule has 2 aromatic carbocycles. The van der Waals surface area contributed by atoms with Gasteiger partial charge in [0, 0.05) is 13.0 Å². The second-order valence-corrected chi connectivity index (χ2v) is 7.56. The maximum atomic E-state index is 13.2. The average molecular weight is 424 g/mol. The quantitative estimate of drug-likeness (QED) is 0.654. The molecule has 0 aromatic heterocycles. The number of hydrogen-bond acceptors (Lipinski definition) is 6. The van der Waals surface area contributed by atoms with Gasteiger partial charge in [0.15, 0.2) is 0 Å². The Labute approximate surface area is 182 Å². The van der Waals surface area contributed by atoms with Gasteiger partial charge in [-0.1, -0.05) is 60.7 Å². The van der Waals surface area contributed by atoms with E-state index >= 15 is 0 Å². The normalized spacial score (nSPS) is 19.4. The van der Waals surface area contributed by atoms with E-state index in [4.69, 9.17) is 9.47 Å². The molecule has 1 N–H and O–H groups in total. The Hall–Kier alpha value is -3.19. The van der Waals surface area contributed by atoms with Crippen molar-refractivity contribution in [3.63, 3.8) is 0 Å². The molecule has 3 rings (SSSR count). The van der Waals surface area contributed by atoms with Crippen molar-refractivity contribution in [1.29, 1.82) is 0 Å². The largest absolute Gasteiger partial charge is 0.468 e. The zero-order valence-electron chi connectivity index (χ0n) is 17.8. The standard InChI is InChI=1S/C24H28N2O5/c1-30-23(28)19(15-17-9-5-3-6-10-17)25-22(27)20-13-14-21(24(29)31-2)26(20)16-18-11-7-4-8-12-18/h3-12,19-21H,13-16H2,1-2H3,(H,25,27)/t19-,20+,21-/m0/s1. The molecule has 7 heteroatoms. The van der Waals surface area contributed by atoms with E-state index in [9.17, 15) is 14.4 Å². The molecular weight excluding hydrogens is 396 g/mol. The first-order valence-electron chi connectivity index (χ1n) is 10.3. The summed E-state index contributed by atoms with van der Waals surface area (Å²) in [6.07, 6.45) is 1.34. The van der Waals surface area contributed by atoms with Crippen LogP contribution in [0.5, 0.6) is 0 Å². The molecule has 0 unspecified atom stereocenters. The van der Waals surface area contributed by atoms with Crippen LogP contribution in [-0.2, 0) is 36.8 Å². The molecule has 0 radical (unpaired) electrons. The number of ether oxygens (including phenoxy) is 2. The minimum Gasteiger partial charge on any atom is -0.468 e. The lowest BCUT2D eigenvalue weighted by Gasteiger charge is -2.29. The van der Waals surface area contributed by atoms with Crippen molar-refractivity contribution >= 4 is 17.8 Å². The molecule has 164 valence electrons. The molecule has 31 heavy (non-hydrogen) atoms. The topological polar surface area (TPSA) is 84.9 Å². The van der Waals surface area contributed by atoms with E-state index in [2.05, 4.69) is 5.32 Å². The minimum absolute atomic E-state index is 0.298. The maximum Gasteiger partial charge on any atom is 0.328 e. The van der Waals surface area contributed by atoms with E-state index in [0.29, 0.717) is 25.8 Å². The summed E-state index contributed by atoms with van der Waals surface area (Å²) in [4.78, 5) is 39.7. The molecule has 0 saturated carbocycles. The van der Waals surface area contributed by atoms with Gasteiger partial charge in [0.2, 0.25) is 5.91 Å². The molecule has 1 heterocycles. The van der Waals surface area contributed by atoms with Crippen molar-refractivity contribution in [3.8, 4) is 0 Å². The van der Waals surface area contributed by atoms with Crippen LogP contribution < -0.4 is 5.32 Å². The number of esters is 2. The Balaban J connectivity index is 1.77. The number of rotatable bonds is 8. The third-order valence-corrected chi connectivity index (χ3v) is 5.58. The Kier molecular flexibility index (Phi) is 7.78. The van der Waals surface area contributed by atoms with Crippen LogP contribution in [0.15, 0.2) is 60.7 Å². The van der Waals surface area contributed by atoms with Crippen LogP contribution in [-0.4, -0.2) is 55.1 Å². The highest BCUT2D eigenvalue weighted by Gasteiger charge is 2.42. The number of methoxy groups -OCH3 is 2. The minimum atomic E-state index is -0.810. The first kappa shape index (κ1) is 22.5. The molecular formula is C24H28N2O5. The number of likely N-dealkylation sites (tertiary alicyclic amines) is 1. The van der Waals surface area contributed by atoms with E-state index in [-0.39, 0.29) is 11.9 Å². The molecule has 0 spiro atoms. The number of carbonyl (C=O) groups is 3. The molecule has 1 amide bonds. The highest BCUT2D eigenvalue weighted by atomic mass is 16.5. The molecule has 0 aliphatic carbocycles. The summed E-state index contributed by atoms with van der Waals surface area (Å²) < 4.78 is 9.87. The number of carbonyl (C=O) groups excluding carboxylic acids is 3. The van der Waals surface area contributed by atoms with Crippen molar-refractivity contribution in [2.75, 3.05) is 14.2 Å². The summed E-state index contributed by atoms with van der Waals surface area (Å²) in [5, 5.41) is 2.84. The number of nitrogens with zero attached hydrogens (tertiary/aromatic N) is 1. The van der Waals surface area contributed by atoms with Crippen LogP contribution in [0.1, 0.15) is 24.0 Å². The lowest BCUT2D eigenvalue weighted by atomic mass is 10.1. The average Bonchev–Trinajstić information content (AvgIpc) is 3.22. The summed E-state index contributed by atoms with van der Waals surface area (Å²) in [6.45, 7) is 0.431. The highest BCUT2D eigenvalue weighted by molar-refractivity contribution is 5.89. The molecule has 7 nitrogen and oxygen atoms in total. The first-order chi connectivity index (χ1) is 15.0. The molecule has 1 aliphatic rings. The SMILES string of the molecule is COC(=O)[C@H](Cc1ccccc1)NC(=O)[C@H]1CC[C@@H](C(=O)OC)N1Cc1ccccc1. The number of nitrogens with one attached hydrogen (secondary N) is 1. The van der Waals surface area contributed by atoms with Crippen molar-refractivity contribution in [2.45, 2.75) is 43.9 Å². The first-order valence-corrected chi connectivity index (χ1v) is 10.3. The summed E-state index contributed by atoms with van der Waals surface area (Å²) in [5.41, 5.74) is 1.91. The van der Waals surface area contributed by atoms with Gasteiger partial charge in [0.25, 0.3) is 0 Å². The lowest BCUT2D eigenvalue weighted by molar-refractivity contribution is -0.148. The van der Waals surface area contributed by atoms with E-state index in [1.54, 1.807) is 0 Å². The van der Waals surface area contributed by atoms with Crippen molar-refractivity contribution in [1.82, 2.24) is 10.2 Å². The van der Waals surface area contributed by atoms with Gasteiger partial charge in [-0.3, -0.25) is 14.5 Å².